The van der Waals surface area contributed by atoms with Gasteiger partial charge in [-0.3, -0.25) is 19.5 Å². The lowest BCUT2D eigenvalue weighted by Crippen LogP contribution is -2.54. The van der Waals surface area contributed by atoms with E-state index in [0.717, 1.165) is 43.7 Å². The molecule has 2 aromatic rings. The minimum atomic E-state index is -0.132. The van der Waals surface area contributed by atoms with E-state index in [0.29, 0.717) is 31.9 Å². The van der Waals surface area contributed by atoms with Crippen LogP contribution in [0.4, 0.5) is 0 Å². The van der Waals surface area contributed by atoms with Gasteiger partial charge in [0.15, 0.2) is 0 Å². The summed E-state index contributed by atoms with van der Waals surface area (Å²) in [5.74, 6) is 1.25. The van der Waals surface area contributed by atoms with E-state index in [4.69, 9.17) is 9.47 Å². The Labute approximate surface area is 214 Å². The van der Waals surface area contributed by atoms with Gasteiger partial charge in [-0.25, -0.2) is 0 Å². The van der Waals surface area contributed by atoms with Crippen LogP contribution in [0.1, 0.15) is 35.7 Å². The maximum absolute atomic E-state index is 13.4. The Morgan fingerprint density at radius 1 is 1.14 bits per heavy atom. The maximum Gasteiger partial charge on any atom is 0.255 e. The fourth-order valence-corrected chi connectivity index (χ4v) is 5.39. The first-order valence-electron chi connectivity index (χ1n) is 12.9. The minimum absolute atomic E-state index is 0.00118. The molecule has 0 spiro atoms. The van der Waals surface area contributed by atoms with Gasteiger partial charge in [0.2, 0.25) is 5.91 Å². The molecule has 1 aromatic heterocycles. The zero-order valence-corrected chi connectivity index (χ0v) is 21.6. The van der Waals surface area contributed by atoms with Crippen molar-refractivity contribution >= 4 is 11.8 Å². The lowest BCUT2D eigenvalue weighted by Gasteiger charge is -2.42. The highest BCUT2D eigenvalue weighted by molar-refractivity contribution is 5.94. The Kier molecular flexibility index (Phi) is 8.93. The molecule has 1 aromatic carbocycles. The van der Waals surface area contributed by atoms with Gasteiger partial charge in [0.1, 0.15) is 5.75 Å². The second-order valence-corrected chi connectivity index (χ2v) is 9.77. The summed E-state index contributed by atoms with van der Waals surface area (Å²) in [5, 5.41) is 0. The van der Waals surface area contributed by atoms with E-state index in [-0.39, 0.29) is 29.8 Å². The molecule has 0 saturated carbocycles. The standard InChI is InChI=1S/C28H38N4O4/c1-21(31-14-16-36-17-15-31)27(33)32-12-9-23(10-13-32)26(19-22-6-4-8-25(18-22)35-3)30(2)28(34)24-7-5-11-29-20-24/h4-8,11,18,20-21,23,26H,9-10,12-17,19H2,1-3H3/t21-,26+/m0/s1. The van der Waals surface area contributed by atoms with E-state index in [1.807, 2.05) is 48.0 Å². The summed E-state index contributed by atoms with van der Waals surface area (Å²) < 4.78 is 10.9. The van der Waals surface area contributed by atoms with Crippen LogP contribution in [0.15, 0.2) is 48.8 Å². The average molecular weight is 495 g/mol. The highest BCUT2D eigenvalue weighted by atomic mass is 16.5. The SMILES string of the molecule is COc1cccc(C[C@H](C2CCN(C(=O)[C@H](C)N3CCOCC3)CC2)N(C)C(=O)c2cccnc2)c1. The van der Waals surface area contributed by atoms with Crippen LogP contribution in [-0.2, 0) is 16.0 Å². The molecule has 3 heterocycles. The number of morpholine rings is 1. The normalized spacial score (nSPS) is 18.9. The van der Waals surface area contributed by atoms with Gasteiger partial charge in [-0.2, -0.15) is 0 Å². The van der Waals surface area contributed by atoms with Crippen LogP contribution < -0.4 is 4.74 Å². The van der Waals surface area contributed by atoms with Crippen molar-refractivity contribution in [2.45, 2.75) is 38.3 Å². The molecule has 8 nitrogen and oxygen atoms in total. The molecule has 36 heavy (non-hydrogen) atoms. The molecular formula is C28H38N4O4. The third-order valence-electron chi connectivity index (χ3n) is 7.65. The van der Waals surface area contributed by atoms with Gasteiger partial charge in [0.05, 0.1) is 31.9 Å². The molecule has 2 amide bonds. The maximum atomic E-state index is 13.4. The average Bonchev–Trinajstić information content (AvgIpc) is 2.95. The van der Waals surface area contributed by atoms with Gasteiger partial charge in [0.25, 0.3) is 5.91 Å². The van der Waals surface area contributed by atoms with Crippen LogP contribution in [0.2, 0.25) is 0 Å². The summed E-state index contributed by atoms with van der Waals surface area (Å²) in [6.07, 6.45) is 5.75. The summed E-state index contributed by atoms with van der Waals surface area (Å²) in [6, 6.07) is 11.5. The Morgan fingerprint density at radius 2 is 1.89 bits per heavy atom. The second-order valence-electron chi connectivity index (χ2n) is 9.77. The van der Waals surface area contributed by atoms with Crippen LogP contribution in [0.5, 0.6) is 5.75 Å². The molecule has 8 heteroatoms. The number of likely N-dealkylation sites (tertiary alicyclic amines) is 1. The van der Waals surface area contributed by atoms with E-state index < -0.39 is 0 Å². The van der Waals surface area contributed by atoms with E-state index >= 15 is 0 Å². The zero-order valence-electron chi connectivity index (χ0n) is 21.6. The molecule has 2 fully saturated rings. The number of hydrogen-bond acceptors (Lipinski definition) is 6. The van der Waals surface area contributed by atoms with Gasteiger partial charge >= 0.3 is 0 Å². The number of rotatable bonds is 8. The van der Waals surface area contributed by atoms with Crippen LogP contribution in [-0.4, -0.2) is 97.1 Å². The first-order chi connectivity index (χ1) is 17.5. The van der Waals surface area contributed by atoms with Gasteiger partial charge in [0, 0.05) is 51.7 Å². The number of amides is 2. The monoisotopic (exact) mass is 494 g/mol. The number of methoxy groups -OCH3 is 1. The van der Waals surface area contributed by atoms with Crippen molar-refractivity contribution in [1.29, 1.82) is 0 Å². The third kappa shape index (κ3) is 6.23. The molecule has 0 unspecified atom stereocenters. The van der Waals surface area contributed by atoms with Crippen molar-refractivity contribution in [3.05, 3.63) is 59.9 Å². The zero-order chi connectivity index (χ0) is 25.5. The lowest BCUT2D eigenvalue weighted by molar-refractivity contribution is -0.139. The number of aromatic nitrogens is 1. The molecule has 2 atom stereocenters. The molecule has 4 rings (SSSR count). The fourth-order valence-electron chi connectivity index (χ4n) is 5.39. The van der Waals surface area contributed by atoms with Crippen molar-refractivity contribution in [2.75, 3.05) is 53.6 Å². The molecule has 0 radical (unpaired) electrons. The molecule has 2 aliphatic rings. The van der Waals surface area contributed by atoms with Crippen molar-refractivity contribution in [2.24, 2.45) is 5.92 Å². The smallest absolute Gasteiger partial charge is 0.255 e. The quantitative estimate of drug-likeness (QED) is 0.562. The van der Waals surface area contributed by atoms with Crippen molar-refractivity contribution in [3.63, 3.8) is 0 Å². The second kappa shape index (κ2) is 12.3. The number of carbonyl (C=O) groups excluding carboxylic acids is 2. The fraction of sp³-hybridized carbons (Fsp3) is 0.536. The Balaban J connectivity index is 1.46. The Hall–Kier alpha value is -2.97. The van der Waals surface area contributed by atoms with E-state index in [1.165, 1.54) is 0 Å². The van der Waals surface area contributed by atoms with Gasteiger partial charge in [-0.1, -0.05) is 12.1 Å². The molecular weight excluding hydrogens is 456 g/mol. The predicted molar refractivity (Wildman–Crippen MR) is 138 cm³/mol. The van der Waals surface area contributed by atoms with Gasteiger partial charge in [-0.15, -0.1) is 0 Å². The summed E-state index contributed by atoms with van der Waals surface area (Å²) in [6.45, 7) is 6.39. The number of benzene rings is 1. The third-order valence-corrected chi connectivity index (χ3v) is 7.65. The van der Waals surface area contributed by atoms with Gasteiger partial charge in [-0.05, 0) is 61.9 Å². The van der Waals surface area contributed by atoms with Gasteiger partial charge < -0.3 is 19.3 Å². The number of likely N-dealkylation sites (N-methyl/N-ethyl adjacent to an activating group) is 1. The number of piperidine rings is 1. The van der Waals surface area contributed by atoms with Crippen LogP contribution >= 0.6 is 0 Å². The molecule has 2 aliphatic heterocycles. The van der Waals surface area contributed by atoms with Crippen molar-refractivity contribution in [3.8, 4) is 5.75 Å². The van der Waals surface area contributed by atoms with E-state index in [1.54, 1.807) is 25.6 Å². The van der Waals surface area contributed by atoms with Crippen LogP contribution in [0.25, 0.3) is 0 Å². The molecule has 0 aliphatic carbocycles. The number of hydrogen-bond donors (Lipinski definition) is 0. The molecule has 0 bridgehead atoms. The largest absolute Gasteiger partial charge is 0.497 e. The highest BCUT2D eigenvalue weighted by Crippen LogP contribution is 2.29. The van der Waals surface area contributed by atoms with Crippen molar-refractivity contribution < 1.29 is 19.1 Å². The summed E-state index contributed by atoms with van der Waals surface area (Å²) in [7, 11) is 3.55. The summed E-state index contributed by atoms with van der Waals surface area (Å²) in [5.41, 5.74) is 1.72. The Morgan fingerprint density at radius 3 is 2.56 bits per heavy atom. The molecule has 194 valence electrons. The van der Waals surface area contributed by atoms with Crippen LogP contribution in [0.3, 0.4) is 0 Å². The van der Waals surface area contributed by atoms with Crippen LogP contribution in [0, 0.1) is 5.92 Å². The molecule has 0 N–H and O–H groups in total. The highest BCUT2D eigenvalue weighted by Gasteiger charge is 2.35. The lowest BCUT2D eigenvalue weighted by atomic mass is 9.84. The summed E-state index contributed by atoms with van der Waals surface area (Å²) in [4.78, 5) is 36.8. The number of ether oxygens (including phenoxy) is 2. The summed E-state index contributed by atoms with van der Waals surface area (Å²) >= 11 is 0. The first-order valence-corrected chi connectivity index (χ1v) is 12.9. The molecule has 2 saturated heterocycles. The van der Waals surface area contributed by atoms with E-state index in [9.17, 15) is 9.59 Å². The Bertz CT molecular complexity index is 1000. The van der Waals surface area contributed by atoms with E-state index in [2.05, 4.69) is 16.0 Å². The first kappa shape index (κ1) is 26.1. The minimum Gasteiger partial charge on any atom is -0.497 e. The van der Waals surface area contributed by atoms with Crippen molar-refractivity contribution in [1.82, 2.24) is 19.7 Å². The number of nitrogens with zero attached hydrogens (tertiary/aromatic N) is 4. The number of pyridine rings is 1. The number of carbonyl (C=O) groups is 2. The predicted octanol–water partition coefficient (Wildman–Crippen LogP) is 2.73. The topological polar surface area (TPSA) is 75.2 Å².